The lowest BCUT2D eigenvalue weighted by Gasteiger charge is -2.18. The summed E-state index contributed by atoms with van der Waals surface area (Å²) in [5.41, 5.74) is 1.12. The van der Waals surface area contributed by atoms with Gasteiger partial charge in [-0.15, -0.1) is 0 Å². The van der Waals surface area contributed by atoms with E-state index in [9.17, 15) is 5.11 Å². The van der Waals surface area contributed by atoms with E-state index in [4.69, 9.17) is 9.47 Å². The largest absolute Gasteiger partial charge is 0.368 e. The van der Waals surface area contributed by atoms with Crippen LogP contribution in [-0.4, -0.2) is 23.6 Å². The molecule has 17 heavy (non-hydrogen) atoms. The first-order valence-corrected chi connectivity index (χ1v) is 6.21. The van der Waals surface area contributed by atoms with Gasteiger partial charge in [0.15, 0.2) is 6.29 Å². The Morgan fingerprint density at radius 1 is 1.29 bits per heavy atom. The SMILES string of the molecule is CC[C@H]1OC(O)[C@H](OCc2ccccc2)[C@@H]1C. The molecule has 0 radical (unpaired) electrons. The van der Waals surface area contributed by atoms with E-state index >= 15 is 0 Å². The number of hydrogen-bond acceptors (Lipinski definition) is 3. The first-order chi connectivity index (χ1) is 8.22. The highest BCUT2D eigenvalue weighted by atomic mass is 16.6. The number of hydrogen-bond donors (Lipinski definition) is 1. The van der Waals surface area contributed by atoms with Crippen LogP contribution < -0.4 is 0 Å². The fourth-order valence-electron chi connectivity index (χ4n) is 2.32. The third kappa shape index (κ3) is 2.86. The van der Waals surface area contributed by atoms with E-state index < -0.39 is 6.29 Å². The fraction of sp³-hybridized carbons (Fsp3) is 0.571. The smallest absolute Gasteiger partial charge is 0.181 e. The van der Waals surface area contributed by atoms with Crippen molar-refractivity contribution in [3.63, 3.8) is 0 Å². The summed E-state index contributed by atoms with van der Waals surface area (Å²) in [6.07, 6.45) is -0.00624. The van der Waals surface area contributed by atoms with E-state index in [1.807, 2.05) is 30.3 Å². The van der Waals surface area contributed by atoms with Gasteiger partial charge < -0.3 is 14.6 Å². The second-order valence-corrected chi connectivity index (χ2v) is 4.59. The van der Waals surface area contributed by atoms with E-state index in [-0.39, 0.29) is 18.1 Å². The highest BCUT2D eigenvalue weighted by Gasteiger charge is 2.40. The van der Waals surface area contributed by atoms with Crippen molar-refractivity contribution in [3.05, 3.63) is 35.9 Å². The van der Waals surface area contributed by atoms with Crippen LogP contribution >= 0.6 is 0 Å². The fourth-order valence-corrected chi connectivity index (χ4v) is 2.32. The van der Waals surface area contributed by atoms with Crippen LogP contribution in [0.2, 0.25) is 0 Å². The quantitative estimate of drug-likeness (QED) is 0.872. The molecule has 1 aromatic rings. The average Bonchev–Trinajstić information content (AvgIpc) is 2.63. The maximum absolute atomic E-state index is 9.79. The van der Waals surface area contributed by atoms with Gasteiger partial charge in [0.25, 0.3) is 0 Å². The van der Waals surface area contributed by atoms with Crippen LogP contribution in [0.5, 0.6) is 0 Å². The number of aliphatic hydroxyl groups is 1. The Hall–Kier alpha value is -0.900. The molecule has 0 spiro atoms. The molecule has 1 aliphatic rings. The molecule has 1 unspecified atom stereocenters. The van der Waals surface area contributed by atoms with Crippen LogP contribution in [0.3, 0.4) is 0 Å². The second-order valence-electron chi connectivity index (χ2n) is 4.59. The summed E-state index contributed by atoms with van der Waals surface area (Å²) in [5, 5.41) is 9.79. The molecule has 0 amide bonds. The van der Waals surface area contributed by atoms with Crippen molar-refractivity contribution in [2.45, 2.75) is 45.4 Å². The van der Waals surface area contributed by atoms with Crippen LogP contribution in [0.1, 0.15) is 25.8 Å². The summed E-state index contributed by atoms with van der Waals surface area (Å²) < 4.78 is 11.2. The lowest BCUT2D eigenvalue weighted by atomic mass is 9.99. The van der Waals surface area contributed by atoms with Crippen molar-refractivity contribution >= 4 is 0 Å². The van der Waals surface area contributed by atoms with E-state index in [2.05, 4.69) is 13.8 Å². The summed E-state index contributed by atoms with van der Waals surface area (Å²) >= 11 is 0. The zero-order valence-corrected chi connectivity index (χ0v) is 10.4. The van der Waals surface area contributed by atoms with Gasteiger partial charge >= 0.3 is 0 Å². The average molecular weight is 236 g/mol. The standard InChI is InChI=1S/C14H20O3/c1-3-12-10(2)13(14(15)17-12)16-9-11-7-5-4-6-8-11/h4-8,10,12-15H,3,9H2,1-2H3/t10-,12-,13-,14?/m1/s1. The van der Waals surface area contributed by atoms with Crippen molar-refractivity contribution in [2.75, 3.05) is 0 Å². The summed E-state index contributed by atoms with van der Waals surface area (Å²) in [7, 11) is 0. The Labute approximate surface area is 102 Å². The zero-order chi connectivity index (χ0) is 12.3. The molecule has 1 aliphatic heterocycles. The Balaban J connectivity index is 1.91. The molecule has 4 atom stereocenters. The van der Waals surface area contributed by atoms with Gasteiger partial charge in [0, 0.05) is 5.92 Å². The van der Waals surface area contributed by atoms with E-state index in [0.717, 1.165) is 12.0 Å². The molecule has 3 heteroatoms. The predicted octanol–water partition coefficient (Wildman–Crippen LogP) is 2.34. The number of rotatable bonds is 4. The molecule has 0 aromatic heterocycles. The van der Waals surface area contributed by atoms with Gasteiger partial charge in [-0.2, -0.15) is 0 Å². The first kappa shape index (κ1) is 12.6. The first-order valence-electron chi connectivity index (χ1n) is 6.21. The summed E-state index contributed by atoms with van der Waals surface area (Å²) in [4.78, 5) is 0. The van der Waals surface area contributed by atoms with Crippen molar-refractivity contribution < 1.29 is 14.6 Å². The number of benzene rings is 1. The predicted molar refractivity (Wildman–Crippen MR) is 65.4 cm³/mol. The van der Waals surface area contributed by atoms with Gasteiger partial charge in [-0.1, -0.05) is 44.2 Å². The Morgan fingerprint density at radius 3 is 2.59 bits per heavy atom. The van der Waals surface area contributed by atoms with Gasteiger partial charge in [-0.05, 0) is 12.0 Å². The Kier molecular flexibility index (Phi) is 4.15. The molecule has 2 rings (SSSR count). The molecule has 1 aromatic carbocycles. The maximum atomic E-state index is 9.79. The Bertz CT molecular complexity index is 339. The monoisotopic (exact) mass is 236 g/mol. The van der Waals surface area contributed by atoms with Crippen LogP contribution in [0.4, 0.5) is 0 Å². The summed E-state index contributed by atoms with van der Waals surface area (Å²) in [5.74, 6) is 0.235. The second kappa shape index (κ2) is 5.63. The molecule has 1 heterocycles. The Morgan fingerprint density at radius 2 is 2.00 bits per heavy atom. The van der Waals surface area contributed by atoms with Gasteiger partial charge in [0.1, 0.15) is 6.10 Å². The molecule has 94 valence electrons. The summed E-state index contributed by atoms with van der Waals surface area (Å²) in [6, 6.07) is 9.98. The number of ether oxygens (including phenoxy) is 2. The van der Waals surface area contributed by atoms with Crippen LogP contribution in [0, 0.1) is 5.92 Å². The van der Waals surface area contributed by atoms with E-state index in [1.54, 1.807) is 0 Å². The topological polar surface area (TPSA) is 38.7 Å². The highest BCUT2D eigenvalue weighted by molar-refractivity contribution is 5.13. The lowest BCUT2D eigenvalue weighted by molar-refractivity contribution is -0.145. The van der Waals surface area contributed by atoms with Crippen molar-refractivity contribution in [3.8, 4) is 0 Å². The van der Waals surface area contributed by atoms with Gasteiger partial charge in [0.2, 0.25) is 0 Å². The van der Waals surface area contributed by atoms with Crippen molar-refractivity contribution in [2.24, 2.45) is 5.92 Å². The van der Waals surface area contributed by atoms with Gasteiger partial charge in [-0.25, -0.2) is 0 Å². The lowest BCUT2D eigenvalue weighted by Crippen LogP contribution is -2.28. The maximum Gasteiger partial charge on any atom is 0.181 e. The zero-order valence-electron chi connectivity index (χ0n) is 10.4. The van der Waals surface area contributed by atoms with Crippen molar-refractivity contribution in [1.29, 1.82) is 0 Å². The van der Waals surface area contributed by atoms with Crippen LogP contribution in [-0.2, 0) is 16.1 Å². The van der Waals surface area contributed by atoms with Crippen molar-refractivity contribution in [1.82, 2.24) is 0 Å². The molecular weight excluding hydrogens is 216 g/mol. The normalized spacial score (nSPS) is 32.9. The molecule has 1 N–H and O–H groups in total. The minimum Gasteiger partial charge on any atom is -0.368 e. The van der Waals surface area contributed by atoms with Gasteiger partial charge in [0.05, 0.1) is 12.7 Å². The minimum atomic E-state index is -0.793. The molecule has 1 saturated heterocycles. The molecular formula is C14H20O3. The third-order valence-electron chi connectivity index (χ3n) is 3.39. The molecule has 0 aliphatic carbocycles. The third-order valence-corrected chi connectivity index (χ3v) is 3.39. The van der Waals surface area contributed by atoms with Crippen LogP contribution in [0.25, 0.3) is 0 Å². The molecule has 0 saturated carbocycles. The summed E-state index contributed by atoms with van der Waals surface area (Å²) in [6.45, 7) is 4.65. The number of aliphatic hydroxyl groups excluding tert-OH is 1. The van der Waals surface area contributed by atoms with Crippen LogP contribution in [0.15, 0.2) is 30.3 Å². The van der Waals surface area contributed by atoms with Gasteiger partial charge in [-0.3, -0.25) is 0 Å². The molecule has 3 nitrogen and oxygen atoms in total. The van der Waals surface area contributed by atoms with E-state index in [1.165, 1.54) is 0 Å². The molecule has 1 fully saturated rings. The van der Waals surface area contributed by atoms with E-state index in [0.29, 0.717) is 6.61 Å². The molecule has 0 bridgehead atoms. The minimum absolute atomic E-state index is 0.103. The highest BCUT2D eigenvalue weighted by Crippen LogP contribution is 2.30.